The summed E-state index contributed by atoms with van der Waals surface area (Å²) < 4.78 is 0. The highest BCUT2D eigenvalue weighted by molar-refractivity contribution is 5.81. The Morgan fingerprint density at radius 2 is 1.45 bits per heavy atom. The normalized spacial score (nSPS) is 10.5. The van der Waals surface area contributed by atoms with Crippen molar-refractivity contribution in [1.82, 2.24) is 4.90 Å². The second kappa shape index (κ2) is 12.9. The van der Waals surface area contributed by atoms with Gasteiger partial charge in [0, 0.05) is 6.42 Å². The highest BCUT2D eigenvalue weighted by atomic mass is 16.4. The molecule has 0 saturated heterocycles. The van der Waals surface area contributed by atoms with E-state index in [-0.39, 0.29) is 19.1 Å². The monoisotopic (exact) mass is 286 g/mol. The molecule has 0 radical (unpaired) electrons. The summed E-state index contributed by atoms with van der Waals surface area (Å²) in [5.41, 5.74) is 5.37. The Kier molecular flexibility index (Phi) is 12.2. The van der Waals surface area contributed by atoms with Crippen molar-refractivity contribution in [2.45, 2.75) is 71.1 Å². The number of hydrogen-bond acceptors (Lipinski definition) is 3. The Hall–Kier alpha value is -1.10. The molecule has 0 fully saturated rings. The number of aliphatic carboxylic acids is 1. The molecule has 0 saturated carbocycles. The first-order chi connectivity index (χ1) is 9.61. The number of amides is 1. The van der Waals surface area contributed by atoms with Gasteiger partial charge in [0.05, 0.1) is 6.67 Å². The molecule has 0 atom stereocenters. The maximum absolute atomic E-state index is 11.7. The molecule has 0 spiro atoms. The van der Waals surface area contributed by atoms with Crippen LogP contribution in [-0.2, 0) is 9.59 Å². The van der Waals surface area contributed by atoms with Crippen molar-refractivity contribution < 1.29 is 14.7 Å². The minimum atomic E-state index is -1.02. The molecule has 0 unspecified atom stereocenters. The average molecular weight is 286 g/mol. The van der Waals surface area contributed by atoms with Crippen molar-refractivity contribution in [3.63, 3.8) is 0 Å². The summed E-state index contributed by atoms with van der Waals surface area (Å²) in [7, 11) is 0. The van der Waals surface area contributed by atoms with Crippen molar-refractivity contribution in [3.8, 4) is 0 Å². The third-order valence-electron chi connectivity index (χ3n) is 3.39. The Morgan fingerprint density at radius 1 is 0.950 bits per heavy atom. The van der Waals surface area contributed by atoms with Crippen LogP contribution in [0.5, 0.6) is 0 Å². The molecule has 0 bridgehead atoms. The van der Waals surface area contributed by atoms with Gasteiger partial charge >= 0.3 is 5.97 Å². The van der Waals surface area contributed by atoms with Gasteiger partial charge in [-0.3, -0.25) is 9.59 Å². The van der Waals surface area contributed by atoms with Gasteiger partial charge in [0.2, 0.25) is 5.91 Å². The second-order valence-electron chi connectivity index (χ2n) is 5.25. The summed E-state index contributed by atoms with van der Waals surface area (Å²) in [6, 6.07) is 0. The lowest BCUT2D eigenvalue weighted by Gasteiger charge is -2.17. The number of hydrogen-bond donors (Lipinski definition) is 2. The molecule has 118 valence electrons. The first-order valence-electron chi connectivity index (χ1n) is 7.81. The molecular formula is C15H30N2O3. The molecule has 0 aliphatic heterocycles. The molecule has 0 aromatic heterocycles. The van der Waals surface area contributed by atoms with Gasteiger partial charge in [0.25, 0.3) is 0 Å². The number of nitrogens with two attached hydrogens (primary N) is 1. The van der Waals surface area contributed by atoms with Crippen LogP contribution in [0.1, 0.15) is 71.1 Å². The molecule has 0 aliphatic carbocycles. The van der Waals surface area contributed by atoms with Crippen LogP contribution in [0.15, 0.2) is 0 Å². The summed E-state index contributed by atoms with van der Waals surface area (Å²) in [5, 5.41) is 8.64. The van der Waals surface area contributed by atoms with Gasteiger partial charge in [0.1, 0.15) is 6.54 Å². The highest BCUT2D eigenvalue weighted by Crippen LogP contribution is 2.11. The van der Waals surface area contributed by atoms with E-state index in [1.807, 2.05) is 0 Å². The number of carboxylic acids is 1. The summed E-state index contributed by atoms with van der Waals surface area (Å²) >= 11 is 0. The van der Waals surface area contributed by atoms with E-state index >= 15 is 0 Å². The van der Waals surface area contributed by atoms with Crippen LogP contribution in [0.3, 0.4) is 0 Å². The minimum absolute atomic E-state index is 0.0252. The molecule has 5 heteroatoms. The zero-order valence-electron chi connectivity index (χ0n) is 12.8. The van der Waals surface area contributed by atoms with Gasteiger partial charge < -0.3 is 15.7 Å². The topological polar surface area (TPSA) is 83.6 Å². The maximum Gasteiger partial charge on any atom is 0.323 e. The Morgan fingerprint density at radius 3 is 1.90 bits per heavy atom. The van der Waals surface area contributed by atoms with Crippen LogP contribution in [-0.4, -0.2) is 35.1 Å². The van der Waals surface area contributed by atoms with E-state index in [0.717, 1.165) is 19.3 Å². The fourth-order valence-electron chi connectivity index (χ4n) is 2.16. The van der Waals surface area contributed by atoms with Crippen molar-refractivity contribution in [2.24, 2.45) is 5.73 Å². The molecule has 0 aliphatic rings. The first-order valence-corrected chi connectivity index (χ1v) is 7.81. The van der Waals surface area contributed by atoms with E-state index in [1.165, 1.54) is 43.4 Å². The quantitative estimate of drug-likeness (QED) is 0.403. The number of rotatable bonds is 13. The minimum Gasteiger partial charge on any atom is -0.480 e. The predicted octanol–water partition coefficient (Wildman–Crippen LogP) is 2.74. The smallest absolute Gasteiger partial charge is 0.323 e. The van der Waals surface area contributed by atoms with Gasteiger partial charge in [-0.2, -0.15) is 0 Å². The third-order valence-corrected chi connectivity index (χ3v) is 3.39. The van der Waals surface area contributed by atoms with E-state index in [0.29, 0.717) is 6.42 Å². The molecule has 3 N–H and O–H groups in total. The van der Waals surface area contributed by atoms with Crippen molar-refractivity contribution in [1.29, 1.82) is 0 Å². The van der Waals surface area contributed by atoms with Gasteiger partial charge in [-0.1, -0.05) is 58.3 Å². The lowest BCUT2D eigenvalue weighted by Crippen LogP contribution is -2.39. The van der Waals surface area contributed by atoms with Crippen LogP contribution < -0.4 is 5.73 Å². The van der Waals surface area contributed by atoms with Crippen LogP contribution in [0, 0.1) is 0 Å². The van der Waals surface area contributed by atoms with Gasteiger partial charge in [-0.25, -0.2) is 0 Å². The van der Waals surface area contributed by atoms with Gasteiger partial charge in [-0.05, 0) is 6.42 Å². The van der Waals surface area contributed by atoms with Crippen molar-refractivity contribution in [3.05, 3.63) is 0 Å². The SMILES string of the molecule is CCCCCCCCCCCC(=O)N(CN)CC(=O)O. The maximum atomic E-state index is 11.7. The van der Waals surface area contributed by atoms with Crippen LogP contribution in [0.4, 0.5) is 0 Å². The number of unbranched alkanes of at least 4 members (excludes halogenated alkanes) is 8. The van der Waals surface area contributed by atoms with Gasteiger partial charge in [-0.15, -0.1) is 0 Å². The van der Waals surface area contributed by atoms with Crippen LogP contribution in [0.25, 0.3) is 0 Å². The van der Waals surface area contributed by atoms with E-state index in [2.05, 4.69) is 6.92 Å². The average Bonchev–Trinajstić information content (AvgIpc) is 2.42. The molecule has 0 rings (SSSR count). The standard InChI is InChI=1S/C15H30N2O3/c1-2-3-4-5-6-7-8-9-10-11-14(18)17(13-16)12-15(19)20/h2-13,16H2,1H3,(H,19,20). The fourth-order valence-corrected chi connectivity index (χ4v) is 2.16. The fraction of sp³-hybridized carbons (Fsp3) is 0.867. The Balaban J connectivity index is 3.49. The van der Waals surface area contributed by atoms with E-state index in [1.54, 1.807) is 0 Å². The Labute approximate surface area is 122 Å². The zero-order chi connectivity index (χ0) is 15.2. The summed E-state index contributed by atoms with van der Waals surface area (Å²) in [6.07, 6.45) is 11.2. The number of nitrogens with zero attached hydrogens (tertiary/aromatic N) is 1. The zero-order valence-corrected chi connectivity index (χ0v) is 12.8. The van der Waals surface area contributed by atoms with Crippen molar-refractivity contribution in [2.75, 3.05) is 13.2 Å². The second-order valence-corrected chi connectivity index (χ2v) is 5.25. The van der Waals surface area contributed by atoms with E-state index in [9.17, 15) is 9.59 Å². The van der Waals surface area contributed by atoms with Crippen LogP contribution >= 0.6 is 0 Å². The summed E-state index contributed by atoms with van der Waals surface area (Å²) in [6.45, 7) is 1.89. The molecule has 0 aromatic rings. The third kappa shape index (κ3) is 10.8. The number of carbonyl (C=O) groups is 2. The molecular weight excluding hydrogens is 256 g/mol. The highest BCUT2D eigenvalue weighted by Gasteiger charge is 2.14. The number of carbonyl (C=O) groups excluding carboxylic acids is 1. The predicted molar refractivity (Wildman–Crippen MR) is 80.2 cm³/mol. The largest absolute Gasteiger partial charge is 0.480 e. The van der Waals surface area contributed by atoms with Crippen molar-refractivity contribution >= 4 is 11.9 Å². The first kappa shape index (κ1) is 18.9. The summed E-state index contributed by atoms with van der Waals surface area (Å²) in [4.78, 5) is 23.4. The van der Waals surface area contributed by atoms with E-state index in [4.69, 9.17) is 10.8 Å². The molecule has 5 nitrogen and oxygen atoms in total. The van der Waals surface area contributed by atoms with E-state index < -0.39 is 5.97 Å². The number of carboxylic acid groups (broad SMARTS) is 1. The lowest BCUT2D eigenvalue weighted by molar-refractivity contribution is -0.144. The van der Waals surface area contributed by atoms with Crippen LogP contribution in [0.2, 0.25) is 0 Å². The molecule has 0 aromatic carbocycles. The molecule has 1 amide bonds. The lowest BCUT2D eigenvalue weighted by atomic mass is 10.1. The van der Waals surface area contributed by atoms with Gasteiger partial charge in [0.15, 0.2) is 0 Å². The molecule has 20 heavy (non-hydrogen) atoms. The summed E-state index contributed by atoms with van der Waals surface area (Å²) in [5.74, 6) is -1.17. The molecule has 0 heterocycles. The Bertz CT molecular complexity index is 270.